The Hall–Kier alpha value is -2.50. The van der Waals surface area contributed by atoms with Crippen molar-refractivity contribution in [2.75, 3.05) is 7.11 Å². The summed E-state index contributed by atoms with van der Waals surface area (Å²) in [4.78, 5) is 27.1. The maximum Gasteiger partial charge on any atom is 0.252 e. The second-order valence-corrected chi connectivity index (χ2v) is 3.59. The van der Waals surface area contributed by atoms with Crippen LogP contribution in [0.2, 0.25) is 0 Å². The first-order chi connectivity index (χ1) is 8.63. The Bertz CT molecular complexity index is 635. The van der Waals surface area contributed by atoms with E-state index in [1.807, 2.05) is 0 Å². The van der Waals surface area contributed by atoms with Crippen LogP contribution in [-0.4, -0.2) is 27.7 Å². The van der Waals surface area contributed by atoms with Crippen LogP contribution < -0.4 is 10.2 Å². The van der Waals surface area contributed by atoms with Crippen LogP contribution in [0, 0.1) is 0 Å². The van der Waals surface area contributed by atoms with E-state index in [4.69, 9.17) is 4.74 Å². The van der Waals surface area contributed by atoms with Gasteiger partial charge in [-0.05, 0) is 12.1 Å². The highest BCUT2D eigenvalue weighted by molar-refractivity contribution is 5.92. The molecule has 0 saturated heterocycles. The zero-order valence-corrected chi connectivity index (χ0v) is 9.95. The third-order valence-corrected chi connectivity index (χ3v) is 2.35. The maximum atomic E-state index is 11.8. The van der Waals surface area contributed by atoms with Gasteiger partial charge in [-0.3, -0.25) is 14.6 Å². The molecule has 0 bridgehead atoms. The average Bonchev–Trinajstić information content (AvgIpc) is 2.39. The average molecular weight is 245 g/mol. The number of nitrogens with zero attached hydrogens (tertiary/aromatic N) is 3. The van der Waals surface area contributed by atoms with E-state index in [1.54, 1.807) is 24.5 Å². The van der Waals surface area contributed by atoms with Gasteiger partial charge in [0.1, 0.15) is 0 Å². The minimum absolute atomic E-state index is 0.0686. The number of ether oxygens (including phenoxy) is 1. The molecule has 6 nitrogen and oxygen atoms in total. The lowest BCUT2D eigenvalue weighted by Gasteiger charge is -2.08. The van der Waals surface area contributed by atoms with Gasteiger partial charge in [0.25, 0.3) is 5.43 Å². The molecule has 0 unspecified atom stereocenters. The number of pyridine rings is 1. The summed E-state index contributed by atoms with van der Waals surface area (Å²) < 4.78 is 6.34. The number of rotatable bonds is 3. The van der Waals surface area contributed by atoms with Gasteiger partial charge in [-0.2, -0.15) is 5.10 Å². The van der Waals surface area contributed by atoms with E-state index in [0.717, 1.165) is 0 Å². The molecule has 2 heterocycles. The van der Waals surface area contributed by atoms with Crippen molar-refractivity contribution in [3.8, 4) is 11.4 Å². The standard InChI is InChI=1S/C12H11N3O3/c1-8(16)11-12(17)10(18-2)7-15(14-11)9-4-3-5-13-6-9/h3-7H,1-2H3. The normalized spacial score (nSPS) is 10.1. The molecular weight excluding hydrogens is 234 g/mol. The highest BCUT2D eigenvalue weighted by Crippen LogP contribution is 2.08. The summed E-state index contributed by atoms with van der Waals surface area (Å²) in [6, 6.07) is 3.49. The molecule has 6 heteroatoms. The molecule has 0 atom stereocenters. The maximum absolute atomic E-state index is 11.8. The predicted molar refractivity (Wildman–Crippen MR) is 64.2 cm³/mol. The van der Waals surface area contributed by atoms with Crippen LogP contribution in [0.4, 0.5) is 0 Å². The summed E-state index contributed by atoms with van der Waals surface area (Å²) in [7, 11) is 1.37. The lowest BCUT2D eigenvalue weighted by Crippen LogP contribution is -2.21. The summed E-state index contributed by atoms with van der Waals surface area (Å²) in [5.74, 6) is -0.337. The minimum atomic E-state index is -0.509. The summed E-state index contributed by atoms with van der Waals surface area (Å²) in [5.41, 5.74) is -0.0263. The number of Topliss-reactive ketones (excluding diaryl/α,β-unsaturated/α-hetero) is 1. The van der Waals surface area contributed by atoms with Crippen molar-refractivity contribution in [3.05, 3.63) is 46.6 Å². The van der Waals surface area contributed by atoms with Crippen LogP contribution in [0.25, 0.3) is 5.69 Å². The van der Waals surface area contributed by atoms with Crippen molar-refractivity contribution >= 4 is 5.78 Å². The Labute approximate surface area is 103 Å². The van der Waals surface area contributed by atoms with Crippen LogP contribution in [0.15, 0.2) is 35.5 Å². The van der Waals surface area contributed by atoms with Crippen LogP contribution in [0.3, 0.4) is 0 Å². The van der Waals surface area contributed by atoms with Crippen molar-refractivity contribution in [3.63, 3.8) is 0 Å². The highest BCUT2D eigenvalue weighted by Gasteiger charge is 2.14. The van der Waals surface area contributed by atoms with E-state index < -0.39 is 11.2 Å². The summed E-state index contributed by atoms with van der Waals surface area (Å²) >= 11 is 0. The van der Waals surface area contributed by atoms with E-state index in [2.05, 4.69) is 10.1 Å². The van der Waals surface area contributed by atoms with Crippen molar-refractivity contribution in [1.29, 1.82) is 0 Å². The molecular formula is C12H11N3O3. The van der Waals surface area contributed by atoms with Gasteiger partial charge in [-0.15, -0.1) is 0 Å². The molecule has 0 aromatic carbocycles. The topological polar surface area (TPSA) is 74.1 Å². The molecule has 2 rings (SSSR count). The molecule has 2 aromatic rings. The number of hydrogen-bond acceptors (Lipinski definition) is 5. The lowest BCUT2D eigenvalue weighted by molar-refractivity contribution is 0.100. The zero-order valence-electron chi connectivity index (χ0n) is 9.95. The van der Waals surface area contributed by atoms with Crippen LogP contribution in [0.5, 0.6) is 5.75 Å². The quantitative estimate of drug-likeness (QED) is 0.749. The number of methoxy groups -OCH3 is 1. The molecule has 0 aliphatic rings. The molecule has 0 radical (unpaired) electrons. The van der Waals surface area contributed by atoms with E-state index in [-0.39, 0.29) is 11.4 Å². The summed E-state index contributed by atoms with van der Waals surface area (Å²) in [6.07, 6.45) is 4.61. The molecule has 0 N–H and O–H groups in total. The lowest BCUT2D eigenvalue weighted by atomic mass is 10.3. The first kappa shape index (κ1) is 12.0. The Kier molecular flexibility index (Phi) is 3.18. The minimum Gasteiger partial charge on any atom is -0.491 e. The molecule has 92 valence electrons. The Morgan fingerprint density at radius 3 is 2.78 bits per heavy atom. The number of hydrogen-bond donors (Lipinski definition) is 0. The zero-order chi connectivity index (χ0) is 13.1. The second kappa shape index (κ2) is 4.79. The Balaban J connectivity index is 2.67. The Morgan fingerprint density at radius 2 is 2.22 bits per heavy atom. The fourth-order valence-corrected chi connectivity index (χ4v) is 1.47. The smallest absolute Gasteiger partial charge is 0.252 e. The molecule has 0 spiro atoms. The van der Waals surface area contributed by atoms with Gasteiger partial charge in [-0.25, -0.2) is 4.68 Å². The van der Waals surface area contributed by atoms with Crippen LogP contribution in [0.1, 0.15) is 17.4 Å². The fraction of sp³-hybridized carbons (Fsp3) is 0.167. The van der Waals surface area contributed by atoms with Gasteiger partial charge in [0.05, 0.1) is 25.2 Å². The number of carbonyl (C=O) groups excluding carboxylic acids is 1. The highest BCUT2D eigenvalue weighted by atomic mass is 16.5. The number of carbonyl (C=O) groups is 1. The van der Waals surface area contributed by atoms with E-state index in [9.17, 15) is 9.59 Å². The first-order valence-corrected chi connectivity index (χ1v) is 5.23. The van der Waals surface area contributed by atoms with Gasteiger partial charge < -0.3 is 4.74 Å². The van der Waals surface area contributed by atoms with Crippen molar-refractivity contribution < 1.29 is 9.53 Å². The van der Waals surface area contributed by atoms with Crippen molar-refractivity contribution in [1.82, 2.24) is 14.8 Å². The van der Waals surface area contributed by atoms with Gasteiger partial charge in [-0.1, -0.05) is 0 Å². The van der Waals surface area contributed by atoms with Gasteiger partial charge in [0.2, 0.25) is 0 Å². The van der Waals surface area contributed by atoms with Crippen LogP contribution >= 0.6 is 0 Å². The van der Waals surface area contributed by atoms with E-state index in [0.29, 0.717) is 5.69 Å². The molecule has 0 amide bonds. The SMILES string of the molecule is COc1cn(-c2cccnc2)nc(C(C)=O)c1=O. The third-order valence-electron chi connectivity index (χ3n) is 2.35. The molecule has 0 aliphatic heterocycles. The summed E-state index contributed by atoms with van der Waals surface area (Å²) in [6.45, 7) is 1.29. The van der Waals surface area contributed by atoms with Gasteiger partial charge in [0.15, 0.2) is 17.2 Å². The second-order valence-electron chi connectivity index (χ2n) is 3.59. The predicted octanol–water partition coefficient (Wildman–Crippen LogP) is 0.839. The monoisotopic (exact) mass is 245 g/mol. The third kappa shape index (κ3) is 2.13. The fourth-order valence-electron chi connectivity index (χ4n) is 1.47. The van der Waals surface area contributed by atoms with Gasteiger partial charge >= 0.3 is 0 Å². The summed E-state index contributed by atoms with van der Waals surface area (Å²) in [5, 5.41) is 3.99. The molecule has 0 fully saturated rings. The molecule has 18 heavy (non-hydrogen) atoms. The van der Waals surface area contributed by atoms with E-state index >= 15 is 0 Å². The van der Waals surface area contributed by atoms with Crippen molar-refractivity contribution in [2.24, 2.45) is 0 Å². The largest absolute Gasteiger partial charge is 0.491 e. The van der Waals surface area contributed by atoms with Crippen LogP contribution in [-0.2, 0) is 0 Å². The number of ketones is 1. The van der Waals surface area contributed by atoms with Gasteiger partial charge in [0, 0.05) is 13.1 Å². The molecule has 2 aromatic heterocycles. The van der Waals surface area contributed by atoms with Crippen molar-refractivity contribution in [2.45, 2.75) is 6.92 Å². The molecule has 0 saturated carbocycles. The van der Waals surface area contributed by atoms with E-state index in [1.165, 1.54) is 24.9 Å². The molecule has 0 aliphatic carbocycles. The number of aromatic nitrogens is 3. The Morgan fingerprint density at radius 1 is 1.44 bits per heavy atom. The first-order valence-electron chi connectivity index (χ1n) is 5.23.